The fourth-order valence-corrected chi connectivity index (χ4v) is 5.29. The summed E-state index contributed by atoms with van der Waals surface area (Å²) >= 11 is 0. The van der Waals surface area contributed by atoms with E-state index in [-0.39, 0.29) is 76.4 Å². The van der Waals surface area contributed by atoms with E-state index < -0.39 is 23.8 Å². The van der Waals surface area contributed by atoms with Crippen molar-refractivity contribution in [2.24, 2.45) is 10.2 Å². The minimum Gasteiger partial charge on any atom is -0.493 e. The summed E-state index contributed by atoms with van der Waals surface area (Å²) in [6.07, 6.45) is 3.02. The molecule has 4 rings (SSSR count). The molecule has 0 aliphatic rings. The van der Waals surface area contributed by atoms with E-state index in [4.69, 9.17) is 47.4 Å². The molecule has 0 spiro atoms. The fraction of sp³-hybridized carbons (Fsp3) is 0.268. The second kappa shape index (κ2) is 21.7. The molecule has 0 unspecified atom stereocenters. The average molecular weight is 817 g/mol. The van der Waals surface area contributed by atoms with Crippen LogP contribution >= 0.6 is 0 Å². The number of amides is 2. The summed E-state index contributed by atoms with van der Waals surface area (Å²) in [6.45, 7) is 0. The van der Waals surface area contributed by atoms with Gasteiger partial charge in [-0.25, -0.2) is 20.4 Å². The number of nitrogens with zero attached hydrogens (tertiary/aromatic N) is 2. The maximum atomic E-state index is 13.0. The minimum absolute atomic E-state index is 0.0150. The van der Waals surface area contributed by atoms with Gasteiger partial charge >= 0.3 is 11.9 Å². The summed E-state index contributed by atoms with van der Waals surface area (Å²) in [6, 6.07) is 15.2. The van der Waals surface area contributed by atoms with E-state index in [1.165, 1.54) is 106 Å². The molecule has 0 bridgehead atoms. The molecule has 18 heteroatoms. The Morgan fingerprint density at radius 3 is 1.10 bits per heavy atom. The van der Waals surface area contributed by atoms with Gasteiger partial charge in [0, 0.05) is 12.8 Å². The largest absolute Gasteiger partial charge is 0.493 e. The van der Waals surface area contributed by atoms with Gasteiger partial charge in [-0.3, -0.25) is 9.59 Å². The minimum atomic E-state index is -0.695. The van der Waals surface area contributed by atoms with Gasteiger partial charge in [0.05, 0.1) is 80.4 Å². The first-order valence-electron chi connectivity index (χ1n) is 17.6. The van der Waals surface area contributed by atoms with E-state index >= 15 is 0 Å². The number of hydrogen-bond acceptors (Lipinski definition) is 16. The van der Waals surface area contributed by atoms with Crippen LogP contribution in [0.3, 0.4) is 0 Å². The van der Waals surface area contributed by atoms with Crippen LogP contribution in [0, 0.1) is 0 Å². The lowest BCUT2D eigenvalue weighted by Crippen LogP contribution is -2.20. The third kappa shape index (κ3) is 11.8. The van der Waals surface area contributed by atoms with Gasteiger partial charge in [-0.15, -0.1) is 0 Å². The molecule has 0 atom stereocenters. The zero-order chi connectivity index (χ0) is 42.9. The Morgan fingerprint density at radius 1 is 0.458 bits per heavy atom. The zero-order valence-electron chi connectivity index (χ0n) is 33.7. The van der Waals surface area contributed by atoms with Crippen molar-refractivity contribution in [3.8, 4) is 57.5 Å². The van der Waals surface area contributed by atoms with Gasteiger partial charge in [-0.1, -0.05) is 0 Å². The van der Waals surface area contributed by atoms with Crippen molar-refractivity contribution < 1.29 is 66.5 Å². The van der Waals surface area contributed by atoms with Crippen LogP contribution in [0.15, 0.2) is 70.9 Å². The number of carbonyl (C=O) groups is 4. The Balaban J connectivity index is 1.23. The number of methoxy groups -OCH3 is 8. The molecule has 0 radical (unpaired) electrons. The highest BCUT2D eigenvalue weighted by Gasteiger charge is 2.21. The van der Waals surface area contributed by atoms with Gasteiger partial charge in [0.2, 0.25) is 23.3 Å². The average Bonchev–Trinajstić information content (AvgIpc) is 3.25. The zero-order valence-corrected chi connectivity index (χ0v) is 33.7. The van der Waals surface area contributed by atoms with E-state index in [9.17, 15) is 19.2 Å². The Hall–Kier alpha value is -7.50. The third-order valence-electron chi connectivity index (χ3n) is 8.19. The first kappa shape index (κ1) is 44.2. The molecule has 0 aliphatic heterocycles. The van der Waals surface area contributed by atoms with Crippen molar-refractivity contribution in [3.05, 3.63) is 82.9 Å². The number of nitrogens with one attached hydrogen (secondary N) is 2. The van der Waals surface area contributed by atoms with Gasteiger partial charge in [0.1, 0.15) is 0 Å². The molecule has 0 fully saturated rings. The van der Waals surface area contributed by atoms with Crippen molar-refractivity contribution in [2.45, 2.75) is 19.3 Å². The molecular weight excluding hydrogens is 772 g/mol. The number of ether oxygens (including phenoxy) is 10. The van der Waals surface area contributed by atoms with Crippen molar-refractivity contribution in [1.29, 1.82) is 0 Å². The van der Waals surface area contributed by atoms with Gasteiger partial charge in [0.25, 0.3) is 0 Å². The lowest BCUT2D eigenvalue weighted by Gasteiger charge is -2.14. The predicted octanol–water partition coefficient (Wildman–Crippen LogP) is 4.96. The molecule has 0 saturated heterocycles. The van der Waals surface area contributed by atoms with Gasteiger partial charge in [-0.2, -0.15) is 10.2 Å². The quantitative estimate of drug-likeness (QED) is 0.0523. The Bertz CT molecular complexity index is 2000. The van der Waals surface area contributed by atoms with Crippen molar-refractivity contribution >= 4 is 36.2 Å². The second-order valence-electron chi connectivity index (χ2n) is 11.9. The molecule has 2 N–H and O–H groups in total. The molecule has 4 aromatic rings. The number of esters is 2. The van der Waals surface area contributed by atoms with E-state index in [2.05, 4.69) is 21.1 Å². The molecule has 0 aliphatic carbocycles. The molecule has 18 nitrogen and oxygen atoms in total. The SMILES string of the molecule is COc1cc(/C=N\NC(=O)CCCC(=O)N/N=C/c2ccc(OC(=O)c3cc(OC)c(OC)c(OC)c3)c(OC)c2)ccc1OC(=O)c1cc(OC)c(OC)c(OC)c1. The van der Waals surface area contributed by atoms with Crippen LogP contribution in [0.4, 0.5) is 0 Å². The van der Waals surface area contributed by atoms with Gasteiger partial charge in [-0.05, 0) is 78.2 Å². The molecule has 0 aromatic heterocycles. The maximum Gasteiger partial charge on any atom is 0.343 e. The summed E-state index contributed by atoms with van der Waals surface area (Å²) in [5.74, 6) is 0.324. The lowest BCUT2D eigenvalue weighted by atomic mass is 10.1. The summed E-state index contributed by atoms with van der Waals surface area (Å²) in [5.41, 5.74) is 6.20. The van der Waals surface area contributed by atoms with Crippen LogP contribution < -0.4 is 58.2 Å². The molecule has 312 valence electrons. The van der Waals surface area contributed by atoms with Crippen molar-refractivity contribution in [1.82, 2.24) is 10.9 Å². The topological polar surface area (TPSA) is 209 Å². The van der Waals surface area contributed by atoms with Crippen LogP contribution in [0.5, 0.6) is 57.5 Å². The highest BCUT2D eigenvalue weighted by molar-refractivity contribution is 5.94. The predicted molar refractivity (Wildman–Crippen MR) is 213 cm³/mol. The standard InChI is InChI=1S/C41H44N4O14/c1-50-30-16-24(12-14-28(30)58-40(48)26-18-32(52-3)38(56-7)33(19-26)53-4)22-42-44-36(46)10-9-11-37(47)45-43-23-25-13-15-29(31(17-25)51-2)59-41(49)27-20-34(54-5)39(57-8)35(21-27)55-6/h12-23H,9-11H2,1-8H3,(H,44,46)(H,45,47)/b42-22-,43-23+. The Labute approximate surface area is 339 Å². The number of hydrazone groups is 2. The van der Waals surface area contributed by atoms with Crippen LogP contribution in [-0.2, 0) is 9.59 Å². The molecule has 4 aromatic carbocycles. The monoisotopic (exact) mass is 816 g/mol. The number of rotatable bonds is 20. The summed E-state index contributed by atoms with van der Waals surface area (Å²) in [7, 11) is 11.5. The smallest absolute Gasteiger partial charge is 0.343 e. The molecule has 59 heavy (non-hydrogen) atoms. The van der Waals surface area contributed by atoms with E-state index in [0.29, 0.717) is 22.6 Å². The summed E-state index contributed by atoms with van der Waals surface area (Å²) < 4.78 is 53.7. The summed E-state index contributed by atoms with van der Waals surface area (Å²) in [5, 5.41) is 7.92. The highest BCUT2D eigenvalue weighted by Crippen LogP contribution is 2.40. The van der Waals surface area contributed by atoms with E-state index in [0.717, 1.165) is 0 Å². The Kier molecular flexibility index (Phi) is 16.3. The number of carbonyl (C=O) groups excluding carboxylic acids is 4. The lowest BCUT2D eigenvalue weighted by molar-refractivity contribution is -0.122. The molecule has 0 saturated carbocycles. The fourth-order valence-electron chi connectivity index (χ4n) is 5.29. The summed E-state index contributed by atoms with van der Waals surface area (Å²) in [4.78, 5) is 50.6. The maximum absolute atomic E-state index is 13.0. The second-order valence-corrected chi connectivity index (χ2v) is 11.9. The van der Waals surface area contributed by atoms with E-state index in [1.807, 2.05) is 0 Å². The van der Waals surface area contributed by atoms with Gasteiger partial charge in [0.15, 0.2) is 46.0 Å². The first-order chi connectivity index (χ1) is 28.5. The van der Waals surface area contributed by atoms with Crippen LogP contribution in [-0.4, -0.2) is 93.1 Å². The number of benzene rings is 4. The number of hydrogen-bond donors (Lipinski definition) is 2. The van der Waals surface area contributed by atoms with Crippen LogP contribution in [0.2, 0.25) is 0 Å². The first-order valence-corrected chi connectivity index (χ1v) is 17.6. The normalized spacial score (nSPS) is 10.7. The third-order valence-corrected chi connectivity index (χ3v) is 8.19. The molecular formula is C41H44N4O14. The molecule has 0 heterocycles. The van der Waals surface area contributed by atoms with Crippen LogP contribution in [0.1, 0.15) is 51.1 Å². The van der Waals surface area contributed by atoms with Gasteiger partial charge < -0.3 is 47.4 Å². The highest BCUT2D eigenvalue weighted by atomic mass is 16.6. The van der Waals surface area contributed by atoms with Crippen LogP contribution in [0.25, 0.3) is 0 Å². The van der Waals surface area contributed by atoms with Crippen molar-refractivity contribution in [2.75, 3.05) is 56.9 Å². The van der Waals surface area contributed by atoms with E-state index in [1.54, 1.807) is 24.3 Å². The Morgan fingerprint density at radius 2 is 0.797 bits per heavy atom. The van der Waals surface area contributed by atoms with Crippen molar-refractivity contribution in [3.63, 3.8) is 0 Å². The molecule has 2 amide bonds.